The third kappa shape index (κ3) is 2.80. The maximum Gasteiger partial charge on any atom is 0.142 e. The fourth-order valence-corrected chi connectivity index (χ4v) is 2.76. The summed E-state index contributed by atoms with van der Waals surface area (Å²) >= 11 is 5.73. The summed E-state index contributed by atoms with van der Waals surface area (Å²) in [6, 6.07) is 13.3. The van der Waals surface area contributed by atoms with Crippen LogP contribution in [-0.2, 0) is 13.1 Å². The van der Waals surface area contributed by atoms with Crippen LogP contribution in [0.4, 0.5) is 4.39 Å². The lowest BCUT2D eigenvalue weighted by molar-refractivity contribution is 0.624. The SMILES string of the molecule is CNCc1cccc2ccn(Cc3ccc(Cl)c(F)c3)c12. The van der Waals surface area contributed by atoms with Crippen LogP contribution in [0.2, 0.25) is 5.02 Å². The van der Waals surface area contributed by atoms with Gasteiger partial charge in [-0.1, -0.05) is 35.9 Å². The molecule has 0 unspecified atom stereocenters. The summed E-state index contributed by atoms with van der Waals surface area (Å²) in [5.41, 5.74) is 3.31. The van der Waals surface area contributed by atoms with Gasteiger partial charge in [0, 0.05) is 19.3 Å². The molecule has 3 aromatic rings. The molecule has 0 fully saturated rings. The predicted octanol–water partition coefficient (Wildman–Crippen LogP) is 4.20. The summed E-state index contributed by atoms with van der Waals surface area (Å²) in [5, 5.41) is 4.53. The van der Waals surface area contributed by atoms with E-state index in [9.17, 15) is 4.39 Å². The highest BCUT2D eigenvalue weighted by atomic mass is 35.5. The van der Waals surface area contributed by atoms with Crippen LogP contribution in [-0.4, -0.2) is 11.6 Å². The molecule has 0 aliphatic heterocycles. The van der Waals surface area contributed by atoms with Crippen molar-refractivity contribution in [2.75, 3.05) is 7.05 Å². The molecule has 1 aromatic heterocycles. The van der Waals surface area contributed by atoms with Crippen molar-refractivity contribution < 1.29 is 4.39 Å². The number of aromatic nitrogens is 1. The quantitative estimate of drug-likeness (QED) is 0.764. The van der Waals surface area contributed by atoms with E-state index in [2.05, 4.69) is 34.1 Å². The molecule has 0 radical (unpaired) electrons. The number of nitrogens with zero attached hydrogens (tertiary/aromatic N) is 1. The summed E-state index contributed by atoms with van der Waals surface area (Å²) in [5.74, 6) is -0.374. The Morgan fingerprint density at radius 3 is 2.81 bits per heavy atom. The summed E-state index contributed by atoms with van der Waals surface area (Å²) in [7, 11) is 1.93. The molecular weight excluding hydrogens is 287 g/mol. The first-order valence-electron chi connectivity index (χ1n) is 6.84. The Morgan fingerprint density at radius 2 is 2.05 bits per heavy atom. The van der Waals surface area contributed by atoms with Gasteiger partial charge in [0.2, 0.25) is 0 Å². The molecule has 0 aliphatic carbocycles. The first-order valence-corrected chi connectivity index (χ1v) is 7.22. The molecule has 108 valence electrons. The second kappa shape index (κ2) is 5.88. The minimum Gasteiger partial charge on any atom is -0.343 e. The van der Waals surface area contributed by atoms with Gasteiger partial charge in [0.05, 0.1) is 10.5 Å². The molecule has 3 rings (SSSR count). The van der Waals surface area contributed by atoms with Gasteiger partial charge in [0.15, 0.2) is 0 Å². The number of hydrogen-bond acceptors (Lipinski definition) is 1. The van der Waals surface area contributed by atoms with Crippen LogP contribution in [0, 0.1) is 5.82 Å². The highest BCUT2D eigenvalue weighted by molar-refractivity contribution is 6.30. The average molecular weight is 303 g/mol. The van der Waals surface area contributed by atoms with E-state index in [0.29, 0.717) is 6.54 Å². The Kier molecular flexibility index (Phi) is 3.95. The molecule has 0 saturated heterocycles. The molecular formula is C17H16ClFN2. The number of para-hydroxylation sites is 1. The first-order chi connectivity index (χ1) is 10.2. The van der Waals surface area contributed by atoms with E-state index in [1.807, 2.05) is 19.3 Å². The van der Waals surface area contributed by atoms with Gasteiger partial charge in [0.25, 0.3) is 0 Å². The molecule has 0 bridgehead atoms. The first kappa shape index (κ1) is 14.1. The van der Waals surface area contributed by atoms with Gasteiger partial charge >= 0.3 is 0 Å². The number of rotatable bonds is 4. The lowest BCUT2D eigenvalue weighted by Gasteiger charge is -2.10. The Labute approximate surface area is 128 Å². The molecule has 0 amide bonds. The molecule has 0 atom stereocenters. The van der Waals surface area contributed by atoms with Crippen molar-refractivity contribution in [2.24, 2.45) is 0 Å². The number of hydrogen-bond donors (Lipinski definition) is 1. The lowest BCUT2D eigenvalue weighted by Crippen LogP contribution is -2.08. The number of fused-ring (bicyclic) bond motifs is 1. The number of nitrogens with one attached hydrogen (secondary N) is 1. The van der Waals surface area contributed by atoms with Crippen molar-refractivity contribution in [3.05, 3.63) is 70.6 Å². The molecule has 1 N–H and O–H groups in total. The summed E-state index contributed by atoms with van der Waals surface area (Å²) in [4.78, 5) is 0. The highest BCUT2D eigenvalue weighted by Gasteiger charge is 2.08. The second-order valence-corrected chi connectivity index (χ2v) is 5.48. The van der Waals surface area contributed by atoms with Gasteiger partial charge in [0.1, 0.15) is 5.82 Å². The molecule has 2 aromatic carbocycles. The van der Waals surface area contributed by atoms with Crippen molar-refractivity contribution >= 4 is 22.5 Å². The lowest BCUT2D eigenvalue weighted by atomic mass is 10.1. The summed E-state index contributed by atoms with van der Waals surface area (Å²) in [6.45, 7) is 1.43. The van der Waals surface area contributed by atoms with Crippen LogP contribution in [0.1, 0.15) is 11.1 Å². The van der Waals surface area contributed by atoms with Crippen molar-refractivity contribution in [1.29, 1.82) is 0 Å². The minimum atomic E-state index is -0.374. The van der Waals surface area contributed by atoms with Gasteiger partial charge in [-0.3, -0.25) is 0 Å². The Hall–Kier alpha value is -1.84. The number of halogens is 2. The molecule has 4 heteroatoms. The molecule has 0 spiro atoms. The highest BCUT2D eigenvalue weighted by Crippen LogP contribution is 2.23. The molecule has 2 nitrogen and oxygen atoms in total. The van der Waals surface area contributed by atoms with E-state index >= 15 is 0 Å². The van der Waals surface area contributed by atoms with Gasteiger partial charge in [-0.05, 0) is 41.8 Å². The van der Waals surface area contributed by atoms with Crippen LogP contribution in [0.5, 0.6) is 0 Å². The average Bonchev–Trinajstić information content (AvgIpc) is 2.88. The van der Waals surface area contributed by atoms with Gasteiger partial charge in [-0.2, -0.15) is 0 Å². The van der Waals surface area contributed by atoms with E-state index in [0.717, 1.165) is 12.1 Å². The second-order valence-electron chi connectivity index (χ2n) is 5.08. The zero-order valence-electron chi connectivity index (χ0n) is 11.7. The summed E-state index contributed by atoms with van der Waals surface area (Å²) < 4.78 is 15.7. The predicted molar refractivity (Wildman–Crippen MR) is 85.2 cm³/mol. The smallest absolute Gasteiger partial charge is 0.142 e. The largest absolute Gasteiger partial charge is 0.343 e. The maximum absolute atomic E-state index is 13.6. The van der Waals surface area contributed by atoms with E-state index in [1.54, 1.807) is 6.07 Å². The fourth-order valence-electron chi connectivity index (χ4n) is 2.64. The molecule has 0 aliphatic rings. The van der Waals surface area contributed by atoms with Crippen LogP contribution in [0.15, 0.2) is 48.7 Å². The van der Waals surface area contributed by atoms with E-state index in [-0.39, 0.29) is 10.8 Å². The molecule has 1 heterocycles. The Balaban J connectivity index is 2.02. The Morgan fingerprint density at radius 1 is 1.19 bits per heavy atom. The van der Waals surface area contributed by atoms with Crippen molar-refractivity contribution in [1.82, 2.24) is 9.88 Å². The van der Waals surface area contributed by atoms with Crippen molar-refractivity contribution in [3.8, 4) is 0 Å². The standard InChI is InChI=1S/C17H16ClFN2/c1-20-10-14-4-2-3-13-7-8-21(17(13)14)11-12-5-6-15(18)16(19)9-12/h2-9,20H,10-11H2,1H3. The van der Waals surface area contributed by atoms with Crippen molar-refractivity contribution in [3.63, 3.8) is 0 Å². The zero-order valence-corrected chi connectivity index (χ0v) is 12.5. The van der Waals surface area contributed by atoms with Gasteiger partial charge in [-0.25, -0.2) is 4.39 Å². The fraction of sp³-hybridized carbons (Fsp3) is 0.176. The third-order valence-corrected chi connectivity index (χ3v) is 3.88. The monoisotopic (exact) mass is 302 g/mol. The topological polar surface area (TPSA) is 17.0 Å². The van der Waals surface area contributed by atoms with Gasteiger partial charge in [-0.15, -0.1) is 0 Å². The van der Waals surface area contributed by atoms with Crippen molar-refractivity contribution in [2.45, 2.75) is 13.1 Å². The van der Waals surface area contributed by atoms with E-state index < -0.39 is 0 Å². The Bertz CT molecular complexity index is 780. The third-order valence-electron chi connectivity index (χ3n) is 3.58. The van der Waals surface area contributed by atoms with E-state index in [4.69, 9.17) is 11.6 Å². The van der Waals surface area contributed by atoms with Gasteiger partial charge < -0.3 is 9.88 Å². The number of benzene rings is 2. The maximum atomic E-state index is 13.6. The molecule has 0 saturated carbocycles. The normalized spacial score (nSPS) is 11.2. The molecule has 21 heavy (non-hydrogen) atoms. The zero-order chi connectivity index (χ0) is 14.8. The van der Waals surface area contributed by atoms with Crippen LogP contribution in [0.3, 0.4) is 0 Å². The van der Waals surface area contributed by atoms with Crippen LogP contribution < -0.4 is 5.32 Å². The minimum absolute atomic E-state index is 0.159. The van der Waals surface area contributed by atoms with Crippen LogP contribution in [0.25, 0.3) is 10.9 Å². The van der Waals surface area contributed by atoms with Crippen LogP contribution >= 0.6 is 11.6 Å². The summed E-state index contributed by atoms with van der Waals surface area (Å²) in [6.07, 6.45) is 2.04. The van der Waals surface area contributed by atoms with E-state index in [1.165, 1.54) is 22.5 Å².